The fourth-order valence-corrected chi connectivity index (χ4v) is 5.11. The maximum atomic E-state index is 13.0. The van der Waals surface area contributed by atoms with Gasteiger partial charge in [-0.2, -0.15) is 0 Å². The van der Waals surface area contributed by atoms with Gasteiger partial charge in [0, 0.05) is 18.2 Å². The molecule has 0 fully saturated rings. The molecule has 0 radical (unpaired) electrons. The third-order valence-corrected chi connectivity index (χ3v) is 7.09. The molecular weight excluding hydrogens is 458 g/mol. The van der Waals surface area contributed by atoms with Crippen LogP contribution in [-0.2, 0) is 6.42 Å². The van der Waals surface area contributed by atoms with E-state index in [2.05, 4.69) is 29.6 Å². The van der Waals surface area contributed by atoms with Crippen molar-refractivity contribution in [2.24, 2.45) is 0 Å². The summed E-state index contributed by atoms with van der Waals surface area (Å²) in [7, 11) is 4.88. The fraction of sp³-hybridized carbons (Fsp3) is 0.276. The molecule has 1 N–H and O–H groups in total. The normalized spacial score (nSPS) is 14.7. The first-order chi connectivity index (χ1) is 17.1. The number of thioether (sulfide) groups is 1. The van der Waals surface area contributed by atoms with Crippen molar-refractivity contribution in [3.63, 3.8) is 0 Å². The van der Waals surface area contributed by atoms with E-state index >= 15 is 0 Å². The van der Waals surface area contributed by atoms with Gasteiger partial charge in [0.2, 0.25) is 5.75 Å². The summed E-state index contributed by atoms with van der Waals surface area (Å²) < 4.78 is 17.2. The van der Waals surface area contributed by atoms with Crippen molar-refractivity contribution in [2.75, 3.05) is 34.1 Å². The van der Waals surface area contributed by atoms with E-state index in [4.69, 9.17) is 14.2 Å². The minimum absolute atomic E-state index is 0.00525. The standard InChI is InChI=1S/C29H31NO4S/c1-32-25-17-20-12-14-23(30-16-8-11-19-9-6-5-7-10-19)22-18-24(31)26(35-4)15-13-21(22)27(20)29(34-3)28(25)33-2/h5-11,13,15,17-18,23,30H,12,14,16H2,1-4H3/b11-8+/t23-/m0/s1. The summed E-state index contributed by atoms with van der Waals surface area (Å²) in [6.07, 6.45) is 7.78. The number of ether oxygens (including phenoxy) is 3. The molecule has 0 aliphatic heterocycles. The van der Waals surface area contributed by atoms with Gasteiger partial charge in [0.1, 0.15) is 0 Å². The molecule has 0 unspecified atom stereocenters. The Morgan fingerprint density at radius 3 is 2.46 bits per heavy atom. The van der Waals surface area contributed by atoms with Crippen molar-refractivity contribution in [3.05, 3.63) is 87.6 Å². The third kappa shape index (κ3) is 5.24. The number of nitrogens with one attached hydrogen (secondary N) is 1. The highest BCUT2D eigenvalue weighted by atomic mass is 32.2. The molecule has 0 bridgehead atoms. The minimum atomic E-state index is -0.00525. The minimum Gasteiger partial charge on any atom is -0.493 e. The van der Waals surface area contributed by atoms with Gasteiger partial charge >= 0.3 is 0 Å². The van der Waals surface area contributed by atoms with Gasteiger partial charge < -0.3 is 19.5 Å². The second-order valence-corrected chi connectivity index (χ2v) is 9.12. The zero-order valence-corrected chi connectivity index (χ0v) is 21.4. The molecular formula is C29H31NO4S. The molecule has 0 saturated heterocycles. The summed E-state index contributed by atoms with van der Waals surface area (Å²) in [6, 6.07) is 18.0. The molecule has 0 aromatic heterocycles. The SMILES string of the molecule is COc1cc2c(c(OC)c1OC)-c1ccc(SC)c(=O)cc1[C@@H](NC/C=C/c1ccccc1)CC2. The Labute approximate surface area is 211 Å². The maximum absolute atomic E-state index is 13.0. The van der Waals surface area contributed by atoms with Crippen LogP contribution in [-0.4, -0.2) is 34.1 Å². The van der Waals surface area contributed by atoms with Gasteiger partial charge in [-0.1, -0.05) is 48.6 Å². The maximum Gasteiger partial charge on any atom is 0.203 e. The zero-order valence-electron chi connectivity index (χ0n) is 20.6. The van der Waals surface area contributed by atoms with Crippen LogP contribution in [0.3, 0.4) is 0 Å². The Kier molecular flexibility index (Phi) is 8.16. The lowest BCUT2D eigenvalue weighted by Gasteiger charge is -2.19. The Morgan fingerprint density at radius 2 is 1.77 bits per heavy atom. The van der Waals surface area contributed by atoms with Gasteiger partial charge in [0.15, 0.2) is 16.9 Å². The van der Waals surface area contributed by atoms with Crippen LogP contribution in [0, 0.1) is 0 Å². The molecule has 1 atom stereocenters. The van der Waals surface area contributed by atoms with Crippen molar-refractivity contribution in [2.45, 2.75) is 23.8 Å². The van der Waals surface area contributed by atoms with Crippen LogP contribution in [0.4, 0.5) is 0 Å². The quantitative estimate of drug-likeness (QED) is 0.407. The Morgan fingerprint density at radius 1 is 1.00 bits per heavy atom. The topological polar surface area (TPSA) is 56.8 Å². The fourth-order valence-electron chi connectivity index (χ4n) is 4.65. The van der Waals surface area contributed by atoms with E-state index in [-0.39, 0.29) is 11.5 Å². The van der Waals surface area contributed by atoms with Gasteiger partial charge in [0.25, 0.3) is 0 Å². The molecule has 1 aliphatic rings. The number of benzene rings is 2. The van der Waals surface area contributed by atoms with Crippen LogP contribution in [0.2, 0.25) is 0 Å². The highest BCUT2D eigenvalue weighted by Gasteiger charge is 2.28. The molecule has 5 nitrogen and oxygen atoms in total. The molecule has 35 heavy (non-hydrogen) atoms. The number of aryl methyl sites for hydroxylation is 1. The van der Waals surface area contributed by atoms with Gasteiger partial charge in [-0.05, 0) is 59.6 Å². The molecule has 0 saturated carbocycles. The molecule has 0 amide bonds. The first kappa shape index (κ1) is 24.9. The number of fused-ring (bicyclic) bond motifs is 3. The van der Waals surface area contributed by atoms with E-state index in [0.717, 1.165) is 40.7 Å². The number of methoxy groups -OCH3 is 3. The first-order valence-corrected chi connectivity index (χ1v) is 12.8. The van der Waals surface area contributed by atoms with Crippen molar-refractivity contribution >= 4 is 17.8 Å². The highest BCUT2D eigenvalue weighted by Crippen LogP contribution is 2.50. The van der Waals surface area contributed by atoms with Crippen LogP contribution in [0.1, 0.15) is 29.2 Å². The molecule has 6 heteroatoms. The predicted octanol–water partition coefficient (Wildman–Crippen LogP) is 5.75. The largest absolute Gasteiger partial charge is 0.493 e. The summed E-state index contributed by atoms with van der Waals surface area (Å²) in [5, 5.41) is 3.66. The van der Waals surface area contributed by atoms with Gasteiger partial charge in [-0.15, -0.1) is 11.8 Å². The molecule has 1 aliphatic carbocycles. The van der Waals surface area contributed by atoms with Crippen molar-refractivity contribution in [1.29, 1.82) is 0 Å². The van der Waals surface area contributed by atoms with Crippen molar-refractivity contribution in [1.82, 2.24) is 5.32 Å². The molecule has 0 spiro atoms. The summed E-state index contributed by atoms with van der Waals surface area (Å²) in [6.45, 7) is 0.682. The average molecular weight is 490 g/mol. The molecule has 182 valence electrons. The van der Waals surface area contributed by atoms with Crippen molar-refractivity contribution in [3.8, 4) is 28.4 Å². The Bertz CT molecular complexity index is 1270. The Balaban J connectivity index is 1.81. The van der Waals surface area contributed by atoms with Crippen LogP contribution >= 0.6 is 11.8 Å². The summed E-state index contributed by atoms with van der Waals surface area (Å²) in [5.74, 6) is 1.81. The van der Waals surface area contributed by atoms with Gasteiger partial charge in [-0.25, -0.2) is 0 Å². The van der Waals surface area contributed by atoms with Crippen LogP contribution in [0.5, 0.6) is 17.2 Å². The lowest BCUT2D eigenvalue weighted by atomic mass is 9.95. The molecule has 3 aromatic carbocycles. The summed E-state index contributed by atoms with van der Waals surface area (Å²) in [5.41, 5.74) is 5.17. The van der Waals surface area contributed by atoms with Gasteiger partial charge in [-0.3, -0.25) is 4.79 Å². The van der Waals surface area contributed by atoms with Crippen LogP contribution in [0.15, 0.2) is 70.4 Å². The summed E-state index contributed by atoms with van der Waals surface area (Å²) in [4.78, 5) is 13.8. The third-order valence-electron chi connectivity index (χ3n) is 6.31. The first-order valence-electron chi connectivity index (χ1n) is 11.6. The average Bonchev–Trinajstić information content (AvgIpc) is 3.14. The second-order valence-electron chi connectivity index (χ2n) is 8.27. The summed E-state index contributed by atoms with van der Waals surface area (Å²) >= 11 is 1.46. The van der Waals surface area contributed by atoms with E-state index < -0.39 is 0 Å². The lowest BCUT2D eigenvalue weighted by molar-refractivity contribution is 0.324. The van der Waals surface area contributed by atoms with Crippen molar-refractivity contribution < 1.29 is 14.2 Å². The smallest absolute Gasteiger partial charge is 0.203 e. The highest BCUT2D eigenvalue weighted by molar-refractivity contribution is 7.98. The molecule has 3 aromatic rings. The Hall–Kier alpha value is -3.22. The monoisotopic (exact) mass is 489 g/mol. The predicted molar refractivity (Wildman–Crippen MR) is 144 cm³/mol. The van der Waals surface area contributed by atoms with Gasteiger partial charge in [0.05, 0.1) is 26.2 Å². The number of hydrogen-bond acceptors (Lipinski definition) is 6. The number of hydrogen-bond donors (Lipinski definition) is 1. The molecule has 0 heterocycles. The lowest BCUT2D eigenvalue weighted by Crippen LogP contribution is -2.22. The van der Waals surface area contributed by atoms with E-state index in [0.29, 0.717) is 28.7 Å². The second kappa shape index (κ2) is 11.5. The van der Waals surface area contributed by atoms with E-state index in [1.807, 2.05) is 42.7 Å². The van der Waals surface area contributed by atoms with E-state index in [9.17, 15) is 4.79 Å². The number of rotatable bonds is 8. The van der Waals surface area contributed by atoms with Crippen LogP contribution in [0.25, 0.3) is 17.2 Å². The van der Waals surface area contributed by atoms with Crippen LogP contribution < -0.4 is 25.0 Å². The molecule has 4 rings (SSSR count). The van der Waals surface area contributed by atoms with E-state index in [1.54, 1.807) is 27.4 Å². The zero-order chi connectivity index (χ0) is 24.8. The van der Waals surface area contributed by atoms with E-state index in [1.165, 1.54) is 11.8 Å².